The lowest BCUT2D eigenvalue weighted by atomic mass is 9.97. The first-order valence-electron chi connectivity index (χ1n) is 8.57. The summed E-state index contributed by atoms with van der Waals surface area (Å²) < 4.78 is 6.94. The van der Waals surface area contributed by atoms with Crippen LogP contribution in [-0.2, 0) is 23.1 Å². The fourth-order valence-electron chi connectivity index (χ4n) is 3.34. The fraction of sp³-hybridized carbons (Fsp3) is 0.500. The van der Waals surface area contributed by atoms with E-state index >= 15 is 0 Å². The van der Waals surface area contributed by atoms with E-state index in [1.54, 1.807) is 7.05 Å². The van der Waals surface area contributed by atoms with E-state index in [1.165, 1.54) is 7.11 Å². The highest BCUT2D eigenvalue weighted by atomic mass is 16.5. The quantitative estimate of drug-likeness (QED) is 0.520. The Morgan fingerprint density at radius 2 is 2.08 bits per heavy atom. The van der Waals surface area contributed by atoms with E-state index in [1.807, 2.05) is 25.2 Å². The van der Waals surface area contributed by atoms with Crippen molar-refractivity contribution in [2.75, 3.05) is 27.2 Å². The second kappa shape index (κ2) is 7.55. The van der Waals surface area contributed by atoms with Gasteiger partial charge in [-0.1, -0.05) is 12.1 Å². The number of rotatable bonds is 3. The maximum absolute atomic E-state index is 11.6. The second-order valence-corrected chi connectivity index (χ2v) is 6.26. The van der Waals surface area contributed by atoms with Gasteiger partial charge in [-0.25, -0.2) is 4.98 Å². The van der Waals surface area contributed by atoms with Gasteiger partial charge in [-0.15, -0.1) is 0 Å². The highest BCUT2D eigenvalue weighted by Crippen LogP contribution is 2.19. The number of aromatic nitrogens is 2. The number of aliphatic imine (C=N–C) groups is 1. The smallest absolute Gasteiger partial charge is 0.308 e. The minimum atomic E-state index is -0.109. The van der Waals surface area contributed by atoms with Crippen molar-refractivity contribution in [3.8, 4) is 0 Å². The lowest BCUT2D eigenvalue weighted by Crippen LogP contribution is -2.46. The number of ether oxygens (including phenoxy) is 1. The highest BCUT2D eigenvalue weighted by molar-refractivity contribution is 5.81. The van der Waals surface area contributed by atoms with Gasteiger partial charge in [-0.2, -0.15) is 0 Å². The van der Waals surface area contributed by atoms with Gasteiger partial charge in [0, 0.05) is 27.2 Å². The molecule has 1 aromatic carbocycles. The van der Waals surface area contributed by atoms with E-state index in [2.05, 4.69) is 30.8 Å². The van der Waals surface area contributed by atoms with Crippen molar-refractivity contribution in [2.24, 2.45) is 18.0 Å². The molecule has 1 N–H and O–H groups in total. The molecule has 0 atom stereocenters. The summed E-state index contributed by atoms with van der Waals surface area (Å²) in [7, 11) is 5.26. The van der Waals surface area contributed by atoms with Crippen molar-refractivity contribution >= 4 is 23.0 Å². The van der Waals surface area contributed by atoms with Crippen molar-refractivity contribution in [3.63, 3.8) is 0 Å². The van der Waals surface area contributed by atoms with Gasteiger partial charge < -0.3 is 19.5 Å². The van der Waals surface area contributed by atoms with E-state index < -0.39 is 0 Å². The zero-order chi connectivity index (χ0) is 17.8. The summed E-state index contributed by atoms with van der Waals surface area (Å²) in [4.78, 5) is 22.9. The third kappa shape index (κ3) is 3.60. The number of hydrogen-bond acceptors (Lipinski definition) is 4. The summed E-state index contributed by atoms with van der Waals surface area (Å²) in [6.07, 6.45) is 1.58. The number of piperidine rings is 1. The topological polar surface area (TPSA) is 71.8 Å². The molecule has 1 aromatic heterocycles. The maximum atomic E-state index is 11.6. The molecule has 0 amide bonds. The van der Waals surface area contributed by atoms with Crippen molar-refractivity contribution in [2.45, 2.75) is 19.4 Å². The number of aryl methyl sites for hydroxylation is 1. The normalized spacial score (nSPS) is 16.3. The Bertz CT molecular complexity index is 775. The molecule has 0 aliphatic carbocycles. The van der Waals surface area contributed by atoms with Crippen molar-refractivity contribution < 1.29 is 9.53 Å². The van der Waals surface area contributed by atoms with Crippen LogP contribution in [0.2, 0.25) is 0 Å². The summed E-state index contributed by atoms with van der Waals surface area (Å²) >= 11 is 0. The van der Waals surface area contributed by atoms with Crippen LogP contribution in [0.3, 0.4) is 0 Å². The van der Waals surface area contributed by atoms with Crippen LogP contribution in [0.25, 0.3) is 11.0 Å². The zero-order valence-corrected chi connectivity index (χ0v) is 15.0. The summed E-state index contributed by atoms with van der Waals surface area (Å²) in [6.45, 7) is 2.19. The molecule has 1 saturated heterocycles. The van der Waals surface area contributed by atoms with Crippen LogP contribution in [0.1, 0.15) is 18.7 Å². The lowest BCUT2D eigenvalue weighted by molar-refractivity contribution is -0.146. The summed E-state index contributed by atoms with van der Waals surface area (Å²) in [5.41, 5.74) is 2.11. The summed E-state index contributed by atoms with van der Waals surface area (Å²) in [6, 6.07) is 8.10. The average molecular weight is 343 g/mol. The number of fused-ring (bicyclic) bond motifs is 1. The summed E-state index contributed by atoms with van der Waals surface area (Å²) in [5.74, 6) is 1.70. The average Bonchev–Trinajstić information content (AvgIpc) is 2.98. The number of benzene rings is 1. The number of carbonyl (C=O) groups excluding carboxylic acids is 1. The molecule has 0 saturated carbocycles. The van der Waals surface area contributed by atoms with Crippen molar-refractivity contribution in [3.05, 3.63) is 30.1 Å². The third-order valence-electron chi connectivity index (χ3n) is 4.83. The van der Waals surface area contributed by atoms with Crippen LogP contribution < -0.4 is 5.32 Å². The number of hydrogen-bond donors (Lipinski definition) is 1. The zero-order valence-electron chi connectivity index (χ0n) is 15.0. The van der Waals surface area contributed by atoms with Crippen LogP contribution in [-0.4, -0.2) is 53.6 Å². The van der Waals surface area contributed by atoms with Gasteiger partial charge in [0.05, 0.1) is 30.6 Å². The van der Waals surface area contributed by atoms with Gasteiger partial charge >= 0.3 is 5.97 Å². The molecule has 0 radical (unpaired) electrons. The largest absolute Gasteiger partial charge is 0.469 e. The van der Waals surface area contributed by atoms with E-state index in [4.69, 9.17) is 4.74 Å². The number of carbonyl (C=O) groups is 1. The molecule has 1 aliphatic rings. The first-order chi connectivity index (χ1) is 12.1. The number of likely N-dealkylation sites (tertiary alicyclic amines) is 1. The Hall–Kier alpha value is -2.57. The molecule has 25 heavy (non-hydrogen) atoms. The van der Waals surface area contributed by atoms with Crippen LogP contribution >= 0.6 is 0 Å². The number of methoxy groups -OCH3 is 1. The Balaban J connectivity index is 1.61. The van der Waals surface area contributed by atoms with Crippen LogP contribution in [0.5, 0.6) is 0 Å². The van der Waals surface area contributed by atoms with E-state index in [-0.39, 0.29) is 11.9 Å². The molecule has 0 unspecified atom stereocenters. The SMILES string of the molecule is CN=C(NCc1nc2ccccc2n1C)N1CCC(C(=O)OC)CC1. The number of para-hydroxylation sites is 2. The van der Waals surface area contributed by atoms with Gasteiger partial charge in [-0.3, -0.25) is 9.79 Å². The number of esters is 1. The molecule has 0 spiro atoms. The second-order valence-electron chi connectivity index (χ2n) is 6.26. The predicted molar refractivity (Wildman–Crippen MR) is 97.2 cm³/mol. The fourth-order valence-corrected chi connectivity index (χ4v) is 3.34. The minimum absolute atomic E-state index is 0.000745. The van der Waals surface area contributed by atoms with Crippen molar-refractivity contribution in [1.29, 1.82) is 0 Å². The van der Waals surface area contributed by atoms with E-state index in [9.17, 15) is 4.79 Å². The van der Waals surface area contributed by atoms with Gasteiger partial charge in [-0.05, 0) is 25.0 Å². The van der Waals surface area contributed by atoms with Gasteiger partial charge in [0.25, 0.3) is 0 Å². The van der Waals surface area contributed by atoms with Gasteiger partial charge in [0.2, 0.25) is 0 Å². The van der Waals surface area contributed by atoms with Crippen LogP contribution in [0, 0.1) is 5.92 Å². The molecule has 7 heteroatoms. The molecule has 1 fully saturated rings. The number of nitrogens with one attached hydrogen (secondary N) is 1. The van der Waals surface area contributed by atoms with Crippen molar-refractivity contribution in [1.82, 2.24) is 19.8 Å². The molecule has 0 bridgehead atoms. The number of nitrogens with zero attached hydrogens (tertiary/aromatic N) is 4. The van der Waals surface area contributed by atoms with Gasteiger partial charge in [0.15, 0.2) is 5.96 Å². The monoisotopic (exact) mass is 343 g/mol. The molecule has 7 nitrogen and oxygen atoms in total. The van der Waals surface area contributed by atoms with Gasteiger partial charge in [0.1, 0.15) is 5.82 Å². The number of imidazole rings is 1. The maximum Gasteiger partial charge on any atom is 0.308 e. The Morgan fingerprint density at radius 3 is 2.72 bits per heavy atom. The standard InChI is InChI=1S/C18H25N5O2/c1-19-18(23-10-8-13(9-11-23)17(24)25-3)20-12-16-21-14-6-4-5-7-15(14)22(16)2/h4-7,13H,8-12H2,1-3H3,(H,19,20). The van der Waals surface area contributed by atoms with Crippen LogP contribution in [0.4, 0.5) is 0 Å². The molecule has 2 aromatic rings. The molecular weight excluding hydrogens is 318 g/mol. The Kier molecular flexibility index (Phi) is 5.21. The lowest BCUT2D eigenvalue weighted by Gasteiger charge is -2.33. The van der Waals surface area contributed by atoms with E-state index in [0.717, 1.165) is 48.7 Å². The molecule has 2 heterocycles. The molecule has 3 rings (SSSR count). The molecule has 134 valence electrons. The predicted octanol–water partition coefficient (Wildman–Crippen LogP) is 1.53. The first kappa shape index (κ1) is 17.3. The highest BCUT2D eigenvalue weighted by Gasteiger charge is 2.27. The first-order valence-corrected chi connectivity index (χ1v) is 8.57. The summed E-state index contributed by atoms with van der Waals surface area (Å²) in [5, 5.41) is 3.39. The van der Waals surface area contributed by atoms with E-state index in [0.29, 0.717) is 6.54 Å². The molecular formula is C18H25N5O2. The Labute approximate surface area is 147 Å². The number of guanidine groups is 1. The van der Waals surface area contributed by atoms with Crippen LogP contribution in [0.15, 0.2) is 29.3 Å². The minimum Gasteiger partial charge on any atom is -0.469 e. The molecule has 1 aliphatic heterocycles. The third-order valence-corrected chi connectivity index (χ3v) is 4.83. The Morgan fingerprint density at radius 1 is 1.36 bits per heavy atom.